The van der Waals surface area contributed by atoms with Crippen molar-refractivity contribution in [2.45, 2.75) is 13.0 Å². The normalized spacial score (nSPS) is 10.8. The van der Waals surface area contributed by atoms with Crippen molar-refractivity contribution < 1.29 is 9.47 Å². The van der Waals surface area contributed by atoms with Crippen LogP contribution in [0.5, 0.6) is 11.5 Å². The Morgan fingerprint density at radius 2 is 1.96 bits per heavy atom. The van der Waals surface area contributed by atoms with Crippen LogP contribution in [0.25, 0.3) is 0 Å². The third-order valence-electron chi connectivity index (χ3n) is 3.46. The standard InChI is InChI=1S/C17H22BrN3O2S.HI/c1-19-17(20-9-8-14-6-7-16(18)24-14)21-11-12-4-5-13(22-2)10-15(12)23-3;/h4-7,10H,8-9,11H2,1-3H3,(H2,19,20,21);1H. The summed E-state index contributed by atoms with van der Waals surface area (Å²) in [4.78, 5) is 5.59. The quantitative estimate of drug-likeness (QED) is 0.316. The molecule has 0 aliphatic carbocycles. The minimum Gasteiger partial charge on any atom is -0.497 e. The molecular formula is C17H23BrIN3O2S. The van der Waals surface area contributed by atoms with Gasteiger partial charge >= 0.3 is 0 Å². The Balaban J connectivity index is 0.00000312. The first-order valence-corrected chi connectivity index (χ1v) is 9.17. The zero-order valence-electron chi connectivity index (χ0n) is 14.5. The maximum Gasteiger partial charge on any atom is 0.191 e. The number of nitrogens with one attached hydrogen (secondary N) is 2. The highest BCUT2D eigenvalue weighted by Gasteiger charge is 2.06. The number of guanidine groups is 1. The molecule has 2 N–H and O–H groups in total. The highest BCUT2D eigenvalue weighted by atomic mass is 127. The molecule has 25 heavy (non-hydrogen) atoms. The van der Waals surface area contributed by atoms with E-state index in [1.54, 1.807) is 32.6 Å². The number of methoxy groups -OCH3 is 2. The molecule has 2 aromatic rings. The van der Waals surface area contributed by atoms with Gasteiger partial charge in [0.15, 0.2) is 5.96 Å². The maximum atomic E-state index is 5.41. The number of rotatable bonds is 7. The largest absolute Gasteiger partial charge is 0.497 e. The fourth-order valence-electron chi connectivity index (χ4n) is 2.19. The van der Waals surface area contributed by atoms with Gasteiger partial charge in [-0.3, -0.25) is 4.99 Å². The van der Waals surface area contributed by atoms with Crippen molar-refractivity contribution in [3.8, 4) is 11.5 Å². The average molecular weight is 540 g/mol. The number of benzene rings is 1. The summed E-state index contributed by atoms with van der Waals surface area (Å²) in [6.07, 6.45) is 0.961. The zero-order valence-corrected chi connectivity index (χ0v) is 19.2. The van der Waals surface area contributed by atoms with Gasteiger partial charge in [-0.05, 0) is 46.6 Å². The van der Waals surface area contributed by atoms with Crippen LogP contribution >= 0.6 is 51.2 Å². The van der Waals surface area contributed by atoms with Gasteiger partial charge in [-0.1, -0.05) is 0 Å². The molecule has 0 unspecified atom stereocenters. The number of halogens is 2. The minimum absolute atomic E-state index is 0. The van der Waals surface area contributed by atoms with Gasteiger partial charge in [-0.2, -0.15) is 0 Å². The van der Waals surface area contributed by atoms with Gasteiger partial charge in [0.25, 0.3) is 0 Å². The molecule has 0 fully saturated rings. The molecule has 0 bridgehead atoms. The monoisotopic (exact) mass is 539 g/mol. The van der Waals surface area contributed by atoms with E-state index in [2.05, 4.69) is 43.7 Å². The minimum atomic E-state index is 0. The molecule has 0 amide bonds. The van der Waals surface area contributed by atoms with Crippen LogP contribution in [0.3, 0.4) is 0 Å². The second-order valence-electron chi connectivity index (χ2n) is 4.99. The lowest BCUT2D eigenvalue weighted by atomic mass is 10.2. The Morgan fingerprint density at radius 3 is 2.56 bits per heavy atom. The van der Waals surface area contributed by atoms with Crippen molar-refractivity contribution in [3.05, 3.63) is 44.6 Å². The number of ether oxygens (including phenoxy) is 2. The van der Waals surface area contributed by atoms with Gasteiger partial charge in [0.1, 0.15) is 11.5 Å². The van der Waals surface area contributed by atoms with Crippen molar-refractivity contribution in [1.82, 2.24) is 10.6 Å². The predicted octanol–water partition coefficient (Wildman–Crippen LogP) is 4.05. The molecule has 0 atom stereocenters. The van der Waals surface area contributed by atoms with Crippen LogP contribution < -0.4 is 20.1 Å². The van der Waals surface area contributed by atoms with Crippen LogP contribution in [0, 0.1) is 0 Å². The average Bonchev–Trinajstić information content (AvgIpc) is 3.03. The van der Waals surface area contributed by atoms with E-state index in [0.717, 1.165) is 39.8 Å². The van der Waals surface area contributed by atoms with Crippen LogP contribution in [0.15, 0.2) is 39.1 Å². The van der Waals surface area contributed by atoms with E-state index in [1.807, 2.05) is 18.2 Å². The Labute approximate surface area is 178 Å². The SMILES string of the molecule is CN=C(NCCc1ccc(Br)s1)NCc1ccc(OC)cc1OC.I. The van der Waals surface area contributed by atoms with Crippen LogP contribution in [-0.4, -0.2) is 33.8 Å². The number of thiophene rings is 1. The van der Waals surface area contributed by atoms with Gasteiger partial charge in [0.05, 0.1) is 18.0 Å². The van der Waals surface area contributed by atoms with Crippen molar-refractivity contribution in [3.63, 3.8) is 0 Å². The second-order valence-corrected chi connectivity index (χ2v) is 7.53. The lowest BCUT2D eigenvalue weighted by Crippen LogP contribution is -2.37. The smallest absolute Gasteiger partial charge is 0.191 e. The summed E-state index contributed by atoms with van der Waals surface area (Å²) in [6.45, 7) is 1.45. The van der Waals surface area contributed by atoms with Crippen molar-refractivity contribution in [2.24, 2.45) is 4.99 Å². The van der Waals surface area contributed by atoms with Crippen LogP contribution in [0.1, 0.15) is 10.4 Å². The third-order valence-corrected chi connectivity index (χ3v) is 5.14. The molecule has 1 aromatic heterocycles. The Kier molecular flexibility index (Phi) is 10.2. The van der Waals surface area contributed by atoms with Crippen LogP contribution in [-0.2, 0) is 13.0 Å². The van der Waals surface area contributed by atoms with Gasteiger partial charge < -0.3 is 20.1 Å². The molecular weight excluding hydrogens is 517 g/mol. The van der Waals surface area contributed by atoms with Gasteiger partial charge in [0, 0.05) is 36.6 Å². The zero-order chi connectivity index (χ0) is 17.4. The first-order valence-electron chi connectivity index (χ1n) is 7.56. The maximum absolute atomic E-state index is 5.41. The summed E-state index contributed by atoms with van der Waals surface area (Å²) < 4.78 is 11.8. The highest BCUT2D eigenvalue weighted by Crippen LogP contribution is 2.24. The summed E-state index contributed by atoms with van der Waals surface area (Å²) in [7, 11) is 5.07. The number of hydrogen-bond donors (Lipinski definition) is 2. The molecule has 0 saturated heterocycles. The van der Waals surface area contributed by atoms with E-state index in [4.69, 9.17) is 9.47 Å². The summed E-state index contributed by atoms with van der Waals surface area (Å²) in [5, 5.41) is 6.62. The van der Waals surface area contributed by atoms with Crippen molar-refractivity contribution in [1.29, 1.82) is 0 Å². The topological polar surface area (TPSA) is 54.9 Å². The van der Waals surface area contributed by atoms with E-state index in [0.29, 0.717) is 6.54 Å². The lowest BCUT2D eigenvalue weighted by molar-refractivity contribution is 0.390. The van der Waals surface area contributed by atoms with E-state index in [1.165, 1.54) is 4.88 Å². The molecule has 5 nitrogen and oxygen atoms in total. The first-order chi connectivity index (χ1) is 11.7. The fourth-order valence-corrected chi connectivity index (χ4v) is 3.67. The summed E-state index contributed by atoms with van der Waals surface area (Å²) in [5.41, 5.74) is 1.04. The lowest BCUT2D eigenvalue weighted by Gasteiger charge is -2.14. The molecule has 138 valence electrons. The van der Waals surface area contributed by atoms with Gasteiger partial charge in [0.2, 0.25) is 0 Å². The molecule has 1 heterocycles. The molecule has 0 radical (unpaired) electrons. The Bertz CT molecular complexity index is 694. The van der Waals surface area contributed by atoms with Crippen molar-refractivity contribution >= 4 is 57.2 Å². The van der Waals surface area contributed by atoms with E-state index >= 15 is 0 Å². The van der Waals surface area contributed by atoms with Crippen LogP contribution in [0.4, 0.5) is 0 Å². The Morgan fingerprint density at radius 1 is 1.16 bits per heavy atom. The van der Waals surface area contributed by atoms with Crippen LogP contribution in [0.2, 0.25) is 0 Å². The highest BCUT2D eigenvalue weighted by molar-refractivity contribution is 14.0. The number of aliphatic imine (C=N–C) groups is 1. The van der Waals surface area contributed by atoms with Gasteiger partial charge in [-0.15, -0.1) is 35.3 Å². The van der Waals surface area contributed by atoms with Crippen molar-refractivity contribution in [2.75, 3.05) is 27.8 Å². The second kappa shape index (κ2) is 11.6. The summed E-state index contributed by atoms with van der Waals surface area (Å²) in [5.74, 6) is 2.34. The fraction of sp³-hybridized carbons (Fsp3) is 0.353. The summed E-state index contributed by atoms with van der Waals surface area (Å²) in [6, 6.07) is 9.99. The molecule has 0 spiro atoms. The van der Waals surface area contributed by atoms with Gasteiger partial charge in [-0.25, -0.2) is 0 Å². The predicted molar refractivity (Wildman–Crippen MR) is 119 cm³/mol. The Hall–Kier alpha value is -1.000. The number of nitrogens with zero attached hydrogens (tertiary/aromatic N) is 1. The molecule has 8 heteroatoms. The molecule has 2 rings (SSSR count). The number of hydrogen-bond acceptors (Lipinski definition) is 4. The molecule has 0 aliphatic rings. The first kappa shape index (κ1) is 22.0. The van der Waals surface area contributed by atoms with E-state index in [9.17, 15) is 0 Å². The molecule has 0 saturated carbocycles. The van der Waals surface area contributed by atoms with E-state index in [-0.39, 0.29) is 24.0 Å². The van der Waals surface area contributed by atoms with E-state index < -0.39 is 0 Å². The third kappa shape index (κ3) is 7.02. The summed E-state index contributed by atoms with van der Waals surface area (Å²) >= 11 is 5.24. The molecule has 1 aromatic carbocycles. The molecule has 0 aliphatic heterocycles.